The maximum absolute atomic E-state index is 11.3. The van der Waals surface area contributed by atoms with Crippen molar-refractivity contribution in [2.75, 3.05) is 5.43 Å². The number of hydrogen-bond donors (Lipinski definition) is 3. The fourth-order valence-corrected chi connectivity index (χ4v) is 2.97. The summed E-state index contributed by atoms with van der Waals surface area (Å²) in [5.74, 6) is 4.67. The molecule has 108 valence electrons. The number of hydrogen-bond acceptors (Lipinski definition) is 6. The molecule has 1 aromatic heterocycles. The number of fused-ring (bicyclic) bond motifs is 1. The van der Waals surface area contributed by atoms with Crippen LogP contribution in [-0.4, -0.2) is 16.6 Å². The summed E-state index contributed by atoms with van der Waals surface area (Å²) in [6.07, 6.45) is 3.12. The lowest BCUT2D eigenvalue weighted by Crippen LogP contribution is -2.30. The Bertz CT molecular complexity index is 694. The summed E-state index contributed by atoms with van der Waals surface area (Å²) in [5, 5.41) is 6.66. The zero-order valence-corrected chi connectivity index (χ0v) is 12.1. The third kappa shape index (κ3) is 2.93. The van der Waals surface area contributed by atoms with Gasteiger partial charge >= 0.3 is 0 Å². The number of rotatable bonds is 3. The van der Waals surface area contributed by atoms with Crippen LogP contribution in [-0.2, 0) is 6.42 Å². The van der Waals surface area contributed by atoms with Gasteiger partial charge in [-0.3, -0.25) is 15.6 Å². The summed E-state index contributed by atoms with van der Waals surface area (Å²) in [7, 11) is 0. The van der Waals surface area contributed by atoms with Gasteiger partial charge in [0.1, 0.15) is 5.69 Å². The SMILES string of the molecule is NNC(=O)c1csc(N/N=C2\CCCc3ccccc32)n1. The van der Waals surface area contributed by atoms with Crippen molar-refractivity contribution < 1.29 is 4.79 Å². The van der Waals surface area contributed by atoms with Crippen LogP contribution in [0.25, 0.3) is 0 Å². The molecule has 0 atom stereocenters. The van der Waals surface area contributed by atoms with Gasteiger partial charge < -0.3 is 0 Å². The Morgan fingerprint density at radius 2 is 2.19 bits per heavy atom. The predicted molar refractivity (Wildman–Crippen MR) is 83.3 cm³/mol. The van der Waals surface area contributed by atoms with Crippen molar-refractivity contribution in [1.82, 2.24) is 10.4 Å². The standard InChI is InChI=1S/C14H15N5OS/c15-17-13(20)12-8-21-14(16-12)19-18-11-7-3-5-9-4-1-2-6-10(9)11/h1-2,4,6,8H,3,5,7,15H2,(H,16,19)(H,17,20)/b18-11+. The fraction of sp³-hybridized carbons (Fsp3) is 0.214. The molecule has 1 aliphatic carbocycles. The molecule has 2 aromatic rings. The topological polar surface area (TPSA) is 92.4 Å². The van der Waals surface area contributed by atoms with E-state index in [0.29, 0.717) is 5.13 Å². The van der Waals surface area contributed by atoms with E-state index in [1.807, 2.05) is 12.1 Å². The summed E-state index contributed by atoms with van der Waals surface area (Å²) >= 11 is 1.32. The van der Waals surface area contributed by atoms with E-state index < -0.39 is 5.91 Å². The molecule has 0 spiro atoms. The molecule has 0 unspecified atom stereocenters. The molecular formula is C14H15N5OS. The third-order valence-electron chi connectivity index (χ3n) is 3.34. The number of hydrazine groups is 1. The zero-order chi connectivity index (χ0) is 14.7. The molecule has 21 heavy (non-hydrogen) atoms. The lowest BCUT2D eigenvalue weighted by molar-refractivity contribution is 0.0949. The molecule has 1 aromatic carbocycles. The molecule has 1 aliphatic rings. The number of aryl methyl sites for hydroxylation is 1. The maximum Gasteiger partial charge on any atom is 0.284 e. The monoisotopic (exact) mass is 301 g/mol. The average molecular weight is 301 g/mol. The van der Waals surface area contributed by atoms with Crippen LogP contribution in [0.3, 0.4) is 0 Å². The van der Waals surface area contributed by atoms with E-state index in [4.69, 9.17) is 5.84 Å². The Hall–Kier alpha value is -2.25. The number of benzene rings is 1. The molecule has 0 saturated heterocycles. The summed E-state index contributed by atoms with van der Waals surface area (Å²) in [5.41, 5.74) is 8.81. The minimum atomic E-state index is -0.407. The highest BCUT2D eigenvalue weighted by Gasteiger charge is 2.15. The second-order valence-corrected chi connectivity index (χ2v) is 5.55. The number of aromatic nitrogens is 1. The van der Waals surface area contributed by atoms with Crippen molar-refractivity contribution in [3.8, 4) is 0 Å². The molecule has 6 nitrogen and oxygen atoms in total. The number of nitrogen functional groups attached to an aromatic ring is 1. The summed E-state index contributed by atoms with van der Waals surface area (Å²) in [6.45, 7) is 0. The second kappa shape index (κ2) is 6.02. The van der Waals surface area contributed by atoms with Crippen molar-refractivity contribution in [3.05, 3.63) is 46.5 Å². The molecule has 0 aliphatic heterocycles. The van der Waals surface area contributed by atoms with Gasteiger partial charge in [0.05, 0.1) is 5.71 Å². The first kappa shape index (κ1) is 13.7. The lowest BCUT2D eigenvalue weighted by atomic mass is 9.90. The largest absolute Gasteiger partial charge is 0.289 e. The molecule has 1 amide bonds. The van der Waals surface area contributed by atoms with Crippen molar-refractivity contribution >= 4 is 28.1 Å². The van der Waals surface area contributed by atoms with Crippen LogP contribution < -0.4 is 16.7 Å². The number of nitrogens with two attached hydrogens (primary N) is 1. The molecule has 0 radical (unpaired) electrons. The van der Waals surface area contributed by atoms with Gasteiger partial charge in [-0.25, -0.2) is 10.8 Å². The van der Waals surface area contributed by atoms with Crippen LogP contribution in [0.5, 0.6) is 0 Å². The minimum Gasteiger partial charge on any atom is -0.289 e. The van der Waals surface area contributed by atoms with E-state index >= 15 is 0 Å². The van der Waals surface area contributed by atoms with Crippen LogP contribution in [0.15, 0.2) is 34.7 Å². The van der Waals surface area contributed by atoms with Crippen LogP contribution in [0.4, 0.5) is 5.13 Å². The molecule has 3 rings (SSSR count). The van der Waals surface area contributed by atoms with E-state index in [9.17, 15) is 4.79 Å². The normalized spacial score (nSPS) is 15.6. The Morgan fingerprint density at radius 3 is 3.05 bits per heavy atom. The first-order chi connectivity index (χ1) is 10.3. The smallest absolute Gasteiger partial charge is 0.284 e. The number of nitrogens with zero attached hydrogens (tertiary/aromatic N) is 2. The number of anilines is 1. The van der Waals surface area contributed by atoms with Gasteiger partial charge in [0, 0.05) is 10.9 Å². The van der Waals surface area contributed by atoms with Crippen LogP contribution in [0, 0.1) is 0 Å². The lowest BCUT2D eigenvalue weighted by Gasteiger charge is -2.17. The Labute approximate surface area is 126 Å². The molecule has 0 saturated carbocycles. The van der Waals surface area contributed by atoms with Gasteiger partial charge in [-0.05, 0) is 24.8 Å². The Morgan fingerprint density at radius 1 is 1.33 bits per heavy atom. The van der Waals surface area contributed by atoms with Gasteiger partial charge in [-0.15, -0.1) is 11.3 Å². The summed E-state index contributed by atoms with van der Waals surface area (Å²) in [6, 6.07) is 8.29. The van der Waals surface area contributed by atoms with Crippen molar-refractivity contribution in [2.24, 2.45) is 10.9 Å². The average Bonchev–Trinajstić information content (AvgIpc) is 3.01. The fourth-order valence-electron chi connectivity index (χ4n) is 2.34. The quantitative estimate of drug-likeness (QED) is 0.458. The first-order valence-corrected chi connectivity index (χ1v) is 7.53. The van der Waals surface area contributed by atoms with E-state index in [0.717, 1.165) is 25.0 Å². The van der Waals surface area contributed by atoms with Crippen molar-refractivity contribution in [2.45, 2.75) is 19.3 Å². The summed E-state index contributed by atoms with van der Waals surface area (Å²) < 4.78 is 0. The minimum absolute atomic E-state index is 0.286. The second-order valence-electron chi connectivity index (χ2n) is 4.69. The highest BCUT2D eigenvalue weighted by Crippen LogP contribution is 2.22. The van der Waals surface area contributed by atoms with Gasteiger partial charge in [-0.2, -0.15) is 5.10 Å². The van der Waals surface area contributed by atoms with E-state index in [-0.39, 0.29) is 5.69 Å². The predicted octanol–water partition coefficient (Wildman–Crippen LogP) is 1.90. The van der Waals surface area contributed by atoms with E-state index in [2.05, 4.69) is 33.1 Å². The summed E-state index contributed by atoms with van der Waals surface area (Å²) in [4.78, 5) is 15.5. The van der Waals surface area contributed by atoms with Crippen LogP contribution in [0.2, 0.25) is 0 Å². The van der Waals surface area contributed by atoms with Crippen LogP contribution in [0.1, 0.15) is 34.5 Å². The van der Waals surface area contributed by atoms with Crippen LogP contribution >= 0.6 is 11.3 Å². The Kier molecular flexibility index (Phi) is 3.94. The van der Waals surface area contributed by atoms with Gasteiger partial charge in [0.15, 0.2) is 0 Å². The Balaban J connectivity index is 1.78. The van der Waals surface area contributed by atoms with Gasteiger partial charge in [0.25, 0.3) is 5.91 Å². The first-order valence-electron chi connectivity index (χ1n) is 6.65. The molecule has 4 N–H and O–H groups in total. The van der Waals surface area contributed by atoms with Crippen molar-refractivity contribution in [1.29, 1.82) is 0 Å². The highest BCUT2D eigenvalue weighted by molar-refractivity contribution is 7.13. The molecule has 0 bridgehead atoms. The molecule has 7 heteroatoms. The number of hydrazone groups is 1. The van der Waals surface area contributed by atoms with Crippen molar-refractivity contribution in [3.63, 3.8) is 0 Å². The van der Waals surface area contributed by atoms with E-state index in [1.54, 1.807) is 5.38 Å². The number of amides is 1. The highest BCUT2D eigenvalue weighted by atomic mass is 32.1. The third-order valence-corrected chi connectivity index (χ3v) is 4.09. The van der Waals surface area contributed by atoms with Gasteiger partial charge in [0.2, 0.25) is 5.13 Å². The zero-order valence-electron chi connectivity index (χ0n) is 11.3. The number of nitrogens with one attached hydrogen (secondary N) is 2. The maximum atomic E-state index is 11.3. The number of carbonyl (C=O) groups excluding carboxylic acids is 1. The number of carbonyl (C=O) groups is 1. The number of thiazole rings is 1. The molecular weight excluding hydrogens is 286 g/mol. The molecule has 1 heterocycles. The molecule has 0 fully saturated rings. The van der Waals surface area contributed by atoms with E-state index in [1.165, 1.54) is 22.5 Å². The van der Waals surface area contributed by atoms with Gasteiger partial charge in [-0.1, -0.05) is 24.3 Å².